The molecule has 0 saturated heterocycles. The average Bonchev–Trinajstić information content (AvgIpc) is 2.28. The van der Waals surface area contributed by atoms with E-state index in [1.807, 2.05) is 0 Å². The maximum atomic E-state index is 6.05. The van der Waals surface area contributed by atoms with Crippen LogP contribution >= 0.6 is 23.8 Å². The first-order valence-corrected chi connectivity index (χ1v) is 5.63. The van der Waals surface area contributed by atoms with E-state index < -0.39 is 0 Å². The quantitative estimate of drug-likeness (QED) is 0.482. The van der Waals surface area contributed by atoms with E-state index in [1.54, 1.807) is 18.3 Å². The first-order chi connectivity index (χ1) is 8.16. The maximum absolute atomic E-state index is 6.05. The van der Waals surface area contributed by atoms with Crippen molar-refractivity contribution in [2.45, 2.75) is 0 Å². The number of fused-ring (bicyclic) bond motifs is 1. The molecule has 90 valence electrons. The molecule has 1 aromatic rings. The van der Waals surface area contributed by atoms with E-state index in [1.165, 1.54) is 0 Å². The number of thiocarbonyl (C=S) groups is 1. The molecule has 0 amide bonds. The third kappa shape index (κ3) is 2.98. The number of halogens is 1. The van der Waals surface area contributed by atoms with Crippen LogP contribution in [-0.2, 0) is 0 Å². The second kappa shape index (κ2) is 5.20. The average molecular weight is 272 g/mol. The van der Waals surface area contributed by atoms with Crippen LogP contribution in [0.1, 0.15) is 5.56 Å². The molecule has 0 aliphatic carbocycles. The van der Waals surface area contributed by atoms with Gasteiger partial charge < -0.3 is 15.2 Å². The van der Waals surface area contributed by atoms with E-state index in [0.717, 1.165) is 5.56 Å². The largest absolute Gasteiger partial charge is 0.486 e. The Balaban J connectivity index is 2.22. The summed E-state index contributed by atoms with van der Waals surface area (Å²) < 4.78 is 10.8. The van der Waals surface area contributed by atoms with Gasteiger partial charge in [-0.2, -0.15) is 5.10 Å². The van der Waals surface area contributed by atoms with Gasteiger partial charge in [-0.15, -0.1) is 0 Å². The molecule has 0 fully saturated rings. The first-order valence-electron chi connectivity index (χ1n) is 4.84. The van der Waals surface area contributed by atoms with Crippen molar-refractivity contribution in [1.29, 1.82) is 0 Å². The molecule has 7 heteroatoms. The maximum Gasteiger partial charge on any atom is 0.184 e. The second-order valence-corrected chi connectivity index (χ2v) is 4.11. The molecule has 0 radical (unpaired) electrons. The van der Waals surface area contributed by atoms with Gasteiger partial charge in [0.2, 0.25) is 0 Å². The molecule has 17 heavy (non-hydrogen) atoms. The molecular formula is C10H10ClN3O2S. The van der Waals surface area contributed by atoms with Gasteiger partial charge >= 0.3 is 0 Å². The fourth-order valence-corrected chi connectivity index (χ4v) is 1.70. The lowest BCUT2D eigenvalue weighted by molar-refractivity contribution is 0.171. The molecule has 0 atom stereocenters. The molecule has 0 saturated carbocycles. The van der Waals surface area contributed by atoms with Crippen molar-refractivity contribution in [2.75, 3.05) is 13.2 Å². The van der Waals surface area contributed by atoms with Crippen LogP contribution in [0.4, 0.5) is 0 Å². The molecule has 3 N–H and O–H groups in total. The Hall–Kier alpha value is -1.53. The Morgan fingerprint density at radius 1 is 1.47 bits per heavy atom. The molecule has 5 nitrogen and oxygen atoms in total. The van der Waals surface area contributed by atoms with Gasteiger partial charge in [0, 0.05) is 0 Å². The minimum absolute atomic E-state index is 0.102. The predicted octanol–water partition coefficient (Wildman–Crippen LogP) is 1.28. The molecule has 0 spiro atoms. The molecule has 0 bridgehead atoms. The van der Waals surface area contributed by atoms with Crippen LogP contribution in [0, 0.1) is 0 Å². The zero-order valence-corrected chi connectivity index (χ0v) is 10.3. The highest BCUT2D eigenvalue weighted by Crippen LogP contribution is 2.37. The number of benzene rings is 1. The van der Waals surface area contributed by atoms with Gasteiger partial charge in [-0.05, 0) is 29.9 Å². The van der Waals surface area contributed by atoms with Crippen LogP contribution in [0.5, 0.6) is 11.5 Å². The van der Waals surface area contributed by atoms with Crippen molar-refractivity contribution >= 4 is 35.1 Å². The van der Waals surface area contributed by atoms with E-state index in [4.69, 9.17) is 26.8 Å². The fraction of sp³-hybridized carbons (Fsp3) is 0.200. The molecule has 0 aromatic heterocycles. The highest BCUT2D eigenvalue weighted by Gasteiger charge is 2.15. The summed E-state index contributed by atoms with van der Waals surface area (Å²) in [7, 11) is 0. The topological polar surface area (TPSA) is 68.9 Å². The fourth-order valence-electron chi connectivity index (χ4n) is 1.38. The molecule has 0 unspecified atom stereocenters. The van der Waals surface area contributed by atoms with Crippen molar-refractivity contribution in [3.63, 3.8) is 0 Å². The van der Waals surface area contributed by atoms with E-state index >= 15 is 0 Å². The molecule has 1 heterocycles. The number of nitrogens with zero attached hydrogens (tertiary/aromatic N) is 1. The highest BCUT2D eigenvalue weighted by atomic mass is 35.5. The standard InChI is InChI=1S/C10H10ClN3O2S/c11-7-3-6(5-13-14-10(12)17)4-8-9(7)16-2-1-15-8/h3-5H,1-2H2,(H3,12,14,17). The van der Waals surface area contributed by atoms with Crippen LogP contribution in [0.25, 0.3) is 0 Å². The highest BCUT2D eigenvalue weighted by molar-refractivity contribution is 7.80. The lowest BCUT2D eigenvalue weighted by Crippen LogP contribution is -2.24. The van der Waals surface area contributed by atoms with Gasteiger partial charge in [0.25, 0.3) is 0 Å². The summed E-state index contributed by atoms with van der Waals surface area (Å²) in [6.45, 7) is 1.01. The van der Waals surface area contributed by atoms with E-state index in [-0.39, 0.29) is 5.11 Å². The van der Waals surface area contributed by atoms with Crippen molar-refractivity contribution in [3.05, 3.63) is 22.7 Å². The number of rotatable bonds is 2. The molecule has 1 aromatic carbocycles. The zero-order valence-electron chi connectivity index (χ0n) is 8.77. The first kappa shape index (κ1) is 11.9. The Labute approximate surface area is 109 Å². The summed E-state index contributed by atoms with van der Waals surface area (Å²) in [5.41, 5.74) is 8.46. The number of hydrazone groups is 1. The Morgan fingerprint density at radius 3 is 3.00 bits per heavy atom. The van der Waals surface area contributed by atoms with Gasteiger partial charge in [-0.25, -0.2) is 0 Å². The smallest absolute Gasteiger partial charge is 0.184 e. The van der Waals surface area contributed by atoms with Gasteiger partial charge in [-0.1, -0.05) is 11.6 Å². The summed E-state index contributed by atoms with van der Waals surface area (Å²) in [6, 6.07) is 3.50. The Morgan fingerprint density at radius 2 is 2.24 bits per heavy atom. The number of hydrogen-bond donors (Lipinski definition) is 2. The number of nitrogens with one attached hydrogen (secondary N) is 1. The molecule has 1 aliphatic rings. The van der Waals surface area contributed by atoms with Crippen LogP contribution in [0.3, 0.4) is 0 Å². The van der Waals surface area contributed by atoms with E-state index in [0.29, 0.717) is 29.7 Å². The lowest BCUT2D eigenvalue weighted by Gasteiger charge is -2.19. The third-order valence-electron chi connectivity index (χ3n) is 2.01. The van der Waals surface area contributed by atoms with Crippen molar-refractivity contribution < 1.29 is 9.47 Å². The van der Waals surface area contributed by atoms with Crippen LogP contribution < -0.4 is 20.6 Å². The number of nitrogens with two attached hydrogens (primary N) is 1. The summed E-state index contributed by atoms with van der Waals surface area (Å²) in [4.78, 5) is 0. The van der Waals surface area contributed by atoms with Crippen molar-refractivity contribution in [3.8, 4) is 11.5 Å². The summed E-state index contributed by atoms with van der Waals surface area (Å²) >= 11 is 10.7. The van der Waals surface area contributed by atoms with Crippen LogP contribution in [-0.4, -0.2) is 24.5 Å². The zero-order chi connectivity index (χ0) is 12.3. The molecule has 2 rings (SSSR count). The van der Waals surface area contributed by atoms with Gasteiger partial charge in [0.15, 0.2) is 16.6 Å². The van der Waals surface area contributed by atoms with Crippen molar-refractivity contribution in [1.82, 2.24) is 5.43 Å². The third-order valence-corrected chi connectivity index (χ3v) is 2.38. The minimum atomic E-state index is 0.102. The number of hydrogen-bond acceptors (Lipinski definition) is 4. The second-order valence-electron chi connectivity index (χ2n) is 3.26. The van der Waals surface area contributed by atoms with Crippen LogP contribution in [0.2, 0.25) is 5.02 Å². The normalized spacial score (nSPS) is 13.7. The summed E-state index contributed by atoms with van der Waals surface area (Å²) in [5, 5.41) is 4.42. The van der Waals surface area contributed by atoms with E-state index in [2.05, 4.69) is 22.7 Å². The Kier molecular flexibility index (Phi) is 3.65. The Bertz CT molecular complexity index is 479. The number of ether oxygens (including phenoxy) is 2. The lowest BCUT2D eigenvalue weighted by atomic mass is 10.2. The SMILES string of the molecule is NC(=S)NN=Cc1cc(Cl)c2c(c1)OCCO2. The molecule has 1 aliphatic heterocycles. The summed E-state index contributed by atoms with van der Waals surface area (Å²) in [6.07, 6.45) is 1.54. The van der Waals surface area contributed by atoms with E-state index in [9.17, 15) is 0 Å². The van der Waals surface area contributed by atoms with Crippen molar-refractivity contribution in [2.24, 2.45) is 10.8 Å². The minimum Gasteiger partial charge on any atom is -0.486 e. The van der Waals surface area contributed by atoms with Gasteiger partial charge in [0.1, 0.15) is 13.2 Å². The molecular weight excluding hydrogens is 262 g/mol. The van der Waals surface area contributed by atoms with Crippen LogP contribution in [0.15, 0.2) is 17.2 Å². The monoisotopic (exact) mass is 271 g/mol. The summed E-state index contributed by atoms with van der Waals surface area (Å²) in [5.74, 6) is 1.18. The predicted molar refractivity (Wildman–Crippen MR) is 70.0 cm³/mol. The van der Waals surface area contributed by atoms with Gasteiger partial charge in [0.05, 0.1) is 11.2 Å². The van der Waals surface area contributed by atoms with Gasteiger partial charge in [-0.3, -0.25) is 5.43 Å².